The molecule has 0 aliphatic heterocycles. The molecule has 1 heterocycles. The summed E-state index contributed by atoms with van der Waals surface area (Å²) >= 11 is 9.97. The molecule has 5 aromatic rings. The van der Waals surface area contributed by atoms with Crippen molar-refractivity contribution < 1.29 is 9.21 Å². The Bertz CT molecular complexity index is 1480. The molecule has 0 spiro atoms. The first-order valence-electron chi connectivity index (χ1n) is 9.65. The molecule has 0 atom stereocenters. The number of carbonyl (C=O) groups is 1. The number of oxazole rings is 1. The van der Waals surface area contributed by atoms with E-state index in [1.807, 2.05) is 61.5 Å². The number of aryl methyl sites for hydroxylation is 1. The Morgan fingerprint density at radius 3 is 2.68 bits per heavy atom. The highest BCUT2D eigenvalue weighted by molar-refractivity contribution is 9.10. The van der Waals surface area contributed by atoms with Crippen molar-refractivity contribution in [3.8, 4) is 11.5 Å². The van der Waals surface area contributed by atoms with Gasteiger partial charge in [-0.1, -0.05) is 57.9 Å². The number of anilines is 1. The van der Waals surface area contributed by atoms with Gasteiger partial charge in [-0.15, -0.1) is 0 Å². The highest BCUT2D eigenvalue weighted by Gasteiger charge is 2.15. The van der Waals surface area contributed by atoms with E-state index in [1.54, 1.807) is 18.2 Å². The lowest BCUT2D eigenvalue weighted by atomic mass is 10.0. The fraction of sp³-hybridized carbons (Fsp3) is 0.0400. The summed E-state index contributed by atoms with van der Waals surface area (Å²) in [6.07, 6.45) is 0. The number of carbonyl (C=O) groups excluding carboxylic acids is 1. The van der Waals surface area contributed by atoms with E-state index < -0.39 is 0 Å². The smallest absolute Gasteiger partial charge is 0.256 e. The van der Waals surface area contributed by atoms with Crippen LogP contribution in [0.25, 0.3) is 33.3 Å². The average molecular weight is 492 g/mol. The lowest BCUT2D eigenvalue weighted by Crippen LogP contribution is -2.12. The summed E-state index contributed by atoms with van der Waals surface area (Å²) in [5.74, 6) is 0.209. The van der Waals surface area contributed by atoms with Crippen LogP contribution >= 0.6 is 27.5 Å². The van der Waals surface area contributed by atoms with E-state index in [0.29, 0.717) is 33.3 Å². The van der Waals surface area contributed by atoms with Gasteiger partial charge >= 0.3 is 0 Å². The monoisotopic (exact) mass is 490 g/mol. The number of benzene rings is 4. The van der Waals surface area contributed by atoms with Gasteiger partial charge in [0.25, 0.3) is 5.91 Å². The maximum Gasteiger partial charge on any atom is 0.256 e. The largest absolute Gasteiger partial charge is 0.436 e. The number of hydrogen-bond donors (Lipinski definition) is 1. The molecule has 0 aliphatic carbocycles. The third-order valence-electron chi connectivity index (χ3n) is 5.11. The Labute approximate surface area is 192 Å². The normalized spacial score (nSPS) is 11.2. The minimum atomic E-state index is -0.204. The van der Waals surface area contributed by atoms with Crippen molar-refractivity contribution in [2.45, 2.75) is 6.92 Å². The molecule has 152 valence electrons. The molecular formula is C25H16BrClN2O2. The zero-order chi connectivity index (χ0) is 21.5. The number of fused-ring (bicyclic) bond motifs is 2. The molecule has 0 aliphatic rings. The molecular weight excluding hydrogens is 476 g/mol. The van der Waals surface area contributed by atoms with Crippen molar-refractivity contribution in [2.75, 3.05) is 5.32 Å². The summed E-state index contributed by atoms with van der Waals surface area (Å²) in [5.41, 5.74) is 4.37. The minimum absolute atomic E-state index is 0.204. The fourth-order valence-corrected chi connectivity index (χ4v) is 4.28. The summed E-state index contributed by atoms with van der Waals surface area (Å²) in [7, 11) is 0. The van der Waals surface area contributed by atoms with Gasteiger partial charge in [-0.25, -0.2) is 4.98 Å². The van der Waals surface area contributed by atoms with Gasteiger partial charge in [0.15, 0.2) is 5.58 Å². The van der Waals surface area contributed by atoms with Crippen LogP contribution in [0.1, 0.15) is 15.9 Å². The third-order valence-corrected chi connectivity index (χ3v) is 6.13. The maximum absolute atomic E-state index is 13.1. The molecule has 6 heteroatoms. The Balaban J connectivity index is 1.51. The minimum Gasteiger partial charge on any atom is -0.436 e. The first-order valence-corrected chi connectivity index (χ1v) is 10.8. The van der Waals surface area contributed by atoms with E-state index in [4.69, 9.17) is 16.0 Å². The van der Waals surface area contributed by atoms with E-state index >= 15 is 0 Å². The second kappa shape index (κ2) is 7.84. The number of halogens is 2. The second-order valence-electron chi connectivity index (χ2n) is 7.28. The van der Waals surface area contributed by atoms with Crippen LogP contribution in [0.5, 0.6) is 0 Å². The zero-order valence-electron chi connectivity index (χ0n) is 16.4. The van der Waals surface area contributed by atoms with Gasteiger partial charge in [0.05, 0.1) is 10.6 Å². The fourth-order valence-electron chi connectivity index (χ4n) is 3.59. The van der Waals surface area contributed by atoms with Crippen LogP contribution in [0.4, 0.5) is 5.69 Å². The number of amides is 1. The van der Waals surface area contributed by atoms with Gasteiger partial charge in [0, 0.05) is 15.7 Å². The summed E-state index contributed by atoms with van der Waals surface area (Å²) in [5, 5.41) is 5.32. The molecule has 1 N–H and O–H groups in total. The van der Waals surface area contributed by atoms with Crippen LogP contribution in [0.2, 0.25) is 5.02 Å². The second-order valence-corrected chi connectivity index (χ2v) is 8.54. The number of nitrogens with one attached hydrogen (secondary N) is 1. The molecule has 1 amide bonds. The van der Waals surface area contributed by atoms with E-state index in [-0.39, 0.29) is 5.91 Å². The summed E-state index contributed by atoms with van der Waals surface area (Å²) in [6.45, 7) is 2.00. The van der Waals surface area contributed by atoms with Crippen molar-refractivity contribution in [3.05, 3.63) is 93.4 Å². The van der Waals surface area contributed by atoms with Gasteiger partial charge in [-0.3, -0.25) is 4.79 Å². The van der Waals surface area contributed by atoms with Gasteiger partial charge in [0.2, 0.25) is 5.89 Å². The molecule has 4 aromatic carbocycles. The Kier molecular flexibility index (Phi) is 5.00. The van der Waals surface area contributed by atoms with Crippen LogP contribution in [-0.4, -0.2) is 10.9 Å². The summed E-state index contributed by atoms with van der Waals surface area (Å²) < 4.78 is 6.84. The highest BCUT2D eigenvalue weighted by atomic mass is 79.9. The number of hydrogen-bond acceptors (Lipinski definition) is 3. The van der Waals surface area contributed by atoms with Crippen molar-refractivity contribution >= 4 is 61.0 Å². The lowest BCUT2D eigenvalue weighted by Gasteiger charge is -2.10. The maximum atomic E-state index is 13.1. The molecule has 0 radical (unpaired) electrons. The summed E-state index contributed by atoms with van der Waals surface area (Å²) in [4.78, 5) is 17.6. The first kappa shape index (κ1) is 19.8. The molecule has 0 fully saturated rings. The Morgan fingerprint density at radius 2 is 1.81 bits per heavy atom. The van der Waals surface area contributed by atoms with Gasteiger partial charge in [-0.05, 0) is 65.7 Å². The summed E-state index contributed by atoms with van der Waals surface area (Å²) in [6, 6.07) is 22.5. The highest BCUT2D eigenvalue weighted by Crippen LogP contribution is 2.33. The van der Waals surface area contributed by atoms with Crippen molar-refractivity contribution in [2.24, 2.45) is 0 Å². The lowest BCUT2D eigenvalue weighted by molar-refractivity contribution is 0.102. The van der Waals surface area contributed by atoms with Crippen LogP contribution < -0.4 is 5.32 Å². The van der Waals surface area contributed by atoms with E-state index in [2.05, 4.69) is 26.2 Å². The SMILES string of the molecule is Cc1ccc2oc(-c3cc(NC(=O)c4cccc5c(Br)cccc45)ccc3Cl)nc2c1. The first-order chi connectivity index (χ1) is 15.0. The van der Waals surface area contributed by atoms with Crippen molar-refractivity contribution in [3.63, 3.8) is 0 Å². The predicted molar refractivity (Wildman–Crippen MR) is 129 cm³/mol. The van der Waals surface area contributed by atoms with E-state index in [1.165, 1.54) is 0 Å². The standard InChI is InChI=1S/C25H16BrClN2O2/c1-14-8-11-23-22(12-14)29-25(31-23)19-13-15(9-10-21(19)27)28-24(30)18-6-2-5-17-16(18)4-3-7-20(17)26/h2-13H,1H3,(H,28,30). The van der Waals surface area contributed by atoms with Crippen molar-refractivity contribution in [1.82, 2.24) is 4.98 Å². The zero-order valence-corrected chi connectivity index (χ0v) is 18.8. The van der Waals surface area contributed by atoms with Crippen LogP contribution in [0.3, 0.4) is 0 Å². The topological polar surface area (TPSA) is 55.1 Å². The number of aromatic nitrogens is 1. The van der Waals surface area contributed by atoms with Crippen LogP contribution in [-0.2, 0) is 0 Å². The van der Waals surface area contributed by atoms with Crippen LogP contribution in [0, 0.1) is 6.92 Å². The molecule has 5 rings (SSSR count). The quantitative estimate of drug-likeness (QED) is 0.282. The van der Waals surface area contributed by atoms with Crippen molar-refractivity contribution in [1.29, 1.82) is 0 Å². The molecule has 0 saturated carbocycles. The van der Waals surface area contributed by atoms with E-state index in [9.17, 15) is 4.79 Å². The van der Waals surface area contributed by atoms with Gasteiger partial charge < -0.3 is 9.73 Å². The third kappa shape index (κ3) is 3.71. The number of rotatable bonds is 3. The molecule has 31 heavy (non-hydrogen) atoms. The Morgan fingerprint density at radius 1 is 1.00 bits per heavy atom. The molecule has 4 nitrogen and oxygen atoms in total. The number of nitrogens with zero attached hydrogens (tertiary/aromatic N) is 1. The van der Waals surface area contributed by atoms with Crippen LogP contribution in [0.15, 0.2) is 81.7 Å². The molecule has 1 aromatic heterocycles. The van der Waals surface area contributed by atoms with Gasteiger partial charge in [-0.2, -0.15) is 0 Å². The molecule has 0 unspecified atom stereocenters. The van der Waals surface area contributed by atoms with Gasteiger partial charge in [0.1, 0.15) is 5.52 Å². The molecule has 0 bridgehead atoms. The Hall–Kier alpha value is -3.15. The van der Waals surface area contributed by atoms with E-state index in [0.717, 1.165) is 26.3 Å². The molecule has 0 saturated heterocycles. The average Bonchev–Trinajstić information content (AvgIpc) is 3.18. The predicted octanol–water partition coefficient (Wildman–Crippen LogP) is 7.62.